The predicted octanol–water partition coefficient (Wildman–Crippen LogP) is 2.32. The molecule has 10 heteroatoms. The van der Waals surface area contributed by atoms with Gasteiger partial charge in [0.05, 0.1) is 29.6 Å². The van der Waals surface area contributed by atoms with Crippen LogP contribution in [0.1, 0.15) is 24.4 Å². The van der Waals surface area contributed by atoms with E-state index < -0.39 is 15.8 Å². The van der Waals surface area contributed by atoms with Crippen molar-refractivity contribution in [3.8, 4) is 0 Å². The Morgan fingerprint density at radius 2 is 2.10 bits per heavy atom. The van der Waals surface area contributed by atoms with Crippen LogP contribution in [0.15, 0.2) is 46.2 Å². The number of sulfonamides is 1. The van der Waals surface area contributed by atoms with Crippen LogP contribution in [0.25, 0.3) is 11.2 Å². The lowest BCUT2D eigenvalue weighted by Crippen LogP contribution is -2.43. The fraction of sp³-hybridized carbons (Fsp3) is 0.429. The van der Waals surface area contributed by atoms with Crippen LogP contribution in [-0.4, -0.2) is 53.6 Å². The van der Waals surface area contributed by atoms with Crippen molar-refractivity contribution in [2.45, 2.75) is 37.2 Å². The molecule has 0 amide bonds. The molecule has 0 N–H and O–H groups in total. The summed E-state index contributed by atoms with van der Waals surface area (Å²) in [5, 5.41) is 0. The van der Waals surface area contributed by atoms with Gasteiger partial charge < -0.3 is 4.74 Å². The fourth-order valence-corrected chi connectivity index (χ4v) is 5.71. The summed E-state index contributed by atoms with van der Waals surface area (Å²) in [4.78, 5) is 17.7. The van der Waals surface area contributed by atoms with Crippen LogP contribution in [-0.2, 0) is 21.3 Å². The predicted molar refractivity (Wildman–Crippen MR) is 114 cm³/mol. The number of aryl methyl sites for hydroxylation is 1. The summed E-state index contributed by atoms with van der Waals surface area (Å²) in [6.07, 6.45) is 2.89. The topological polar surface area (TPSA) is 86.4 Å². The van der Waals surface area contributed by atoms with Crippen molar-refractivity contribution < 1.29 is 17.5 Å². The molecule has 0 spiro atoms. The van der Waals surface area contributed by atoms with Gasteiger partial charge in [0.1, 0.15) is 5.82 Å². The molecule has 0 bridgehead atoms. The van der Waals surface area contributed by atoms with E-state index in [1.54, 1.807) is 28.5 Å². The van der Waals surface area contributed by atoms with E-state index in [1.807, 2.05) is 6.07 Å². The standard InChI is InChI=1S/C21H25FN4O4S/c1-15-13-17(7-8-18(15)22)31(28,29)24-10-4-5-16(14-24)26-20-19(6-3-9-23-20)25(21(26)27)11-12-30-2/h3,6-9,13,16H,4-5,10-12,14H2,1-2H3/t16-/m0/s1. The maximum atomic E-state index is 13.6. The van der Waals surface area contributed by atoms with Crippen LogP contribution in [0.4, 0.5) is 4.39 Å². The summed E-state index contributed by atoms with van der Waals surface area (Å²) < 4.78 is 49.8. The van der Waals surface area contributed by atoms with Crippen molar-refractivity contribution in [3.63, 3.8) is 0 Å². The average molecular weight is 449 g/mol. The molecule has 3 heterocycles. The number of fused-ring (bicyclic) bond motifs is 1. The lowest BCUT2D eigenvalue weighted by atomic mass is 10.1. The van der Waals surface area contributed by atoms with Crippen molar-refractivity contribution in [1.82, 2.24) is 18.4 Å². The zero-order valence-corrected chi connectivity index (χ0v) is 18.3. The quantitative estimate of drug-likeness (QED) is 0.578. The smallest absolute Gasteiger partial charge is 0.330 e. The molecule has 3 aromatic rings. The van der Waals surface area contributed by atoms with E-state index in [1.165, 1.54) is 29.4 Å². The number of aromatic nitrogens is 3. The second-order valence-electron chi connectivity index (χ2n) is 7.71. The lowest BCUT2D eigenvalue weighted by Gasteiger charge is -2.32. The van der Waals surface area contributed by atoms with Crippen LogP contribution in [0.5, 0.6) is 0 Å². The molecule has 0 saturated carbocycles. The van der Waals surface area contributed by atoms with Crippen molar-refractivity contribution in [1.29, 1.82) is 0 Å². The number of rotatable bonds is 6. The molecule has 166 valence electrons. The van der Waals surface area contributed by atoms with Crippen LogP contribution in [0.2, 0.25) is 0 Å². The molecule has 0 unspecified atom stereocenters. The highest BCUT2D eigenvalue weighted by Crippen LogP contribution is 2.28. The van der Waals surface area contributed by atoms with E-state index in [2.05, 4.69) is 4.98 Å². The van der Waals surface area contributed by atoms with E-state index in [4.69, 9.17) is 4.74 Å². The minimum Gasteiger partial charge on any atom is -0.383 e. The molecule has 31 heavy (non-hydrogen) atoms. The summed E-state index contributed by atoms with van der Waals surface area (Å²) in [7, 11) is -2.24. The molecule has 8 nitrogen and oxygen atoms in total. The number of piperidine rings is 1. The van der Waals surface area contributed by atoms with Gasteiger partial charge in [-0.15, -0.1) is 0 Å². The number of ether oxygens (including phenoxy) is 1. The van der Waals surface area contributed by atoms with Gasteiger partial charge in [0, 0.05) is 26.4 Å². The molecule has 1 fully saturated rings. The molecule has 0 radical (unpaired) electrons. The number of halogens is 1. The first-order valence-electron chi connectivity index (χ1n) is 10.2. The average Bonchev–Trinajstić information content (AvgIpc) is 3.05. The molecule has 1 aromatic carbocycles. The Balaban J connectivity index is 1.71. The van der Waals surface area contributed by atoms with Crippen molar-refractivity contribution >= 4 is 21.2 Å². The number of methoxy groups -OCH3 is 1. The third-order valence-electron chi connectivity index (χ3n) is 5.73. The van der Waals surface area contributed by atoms with Crippen molar-refractivity contribution in [2.75, 3.05) is 26.8 Å². The van der Waals surface area contributed by atoms with Gasteiger partial charge in [-0.1, -0.05) is 0 Å². The van der Waals surface area contributed by atoms with Crippen LogP contribution < -0.4 is 5.69 Å². The molecule has 0 aliphatic carbocycles. The highest BCUT2D eigenvalue weighted by Gasteiger charge is 2.33. The lowest BCUT2D eigenvalue weighted by molar-refractivity contribution is 0.186. The van der Waals surface area contributed by atoms with Crippen molar-refractivity contribution in [2.24, 2.45) is 0 Å². The summed E-state index contributed by atoms with van der Waals surface area (Å²) >= 11 is 0. The van der Waals surface area contributed by atoms with Crippen LogP contribution in [0.3, 0.4) is 0 Å². The SMILES string of the molecule is COCCn1c(=O)n([C@H]2CCCN(S(=O)(=O)c3ccc(F)c(C)c3)C2)c2ncccc21. The van der Waals surface area contributed by atoms with E-state index >= 15 is 0 Å². The van der Waals surface area contributed by atoms with E-state index in [0.717, 1.165) is 0 Å². The second kappa shape index (κ2) is 8.52. The van der Waals surface area contributed by atoms with Gasteiger partial charge in [-0.3, -0.25) is 9.13 Å². The number of benzene rings is 1. The molecule has 2 aromatic heterocycles. The first-order valence-corrected chi connectivity index (χ1v) is 11.6. The minimum atomic E-state index is -3.81. The maximum Gasteiger partial charge on any atom is 0.330 e. The number of pyridine rings is 1. The monoisotopic (exact) mass is 448 g/mol. The number of imidazole rings is 1. The van der Waals surface area contributed by atoms with Gasteiger partial charge in [0.25, 0.3) is 0 Å². The Labute approximate surface area is 179 Å². The highest BCUT2D eigenvalue weighted by molar-refractivity contribution is 7.89. The maximum absolute atomic E-state index is 13.6. The summed E-state index contributed by atoms with van der Waals surface area (Å²) in [5.74, 6) is -0.447. The summed E-state index contributed by atoms with van der Waals surface area (Å²) in [6.45, 7) is 2.79. The van der Waals surface area contributed by atoms with Crippen LogP contribution in [0, 0.1) is 12.7 Å². The van der Waals surface area contributed by atoms with Crippen LogP contribution >= 0.6 is 0 Å². The summed E-state index contributed by atoms with van der Waals surface area (Å²) in [6, 6.07) is 7.04. The molecule has 1 atom stereocenters. The second-order valence-corrected chi connectivity index (χ2v) is 9.65. The zero-order valence-electron chi connectivity index (χ0n) is 17.5. The Morgan fingerprint density at radius 3 is 2.84 bits per heavy atom. The number of hydrogen-bond acceptors (Lipinski definition) is 5. The van der Waals surface area contributed by atoms with E-state index in [-0.39, 0.29) is 28.7 Å². The molecule has 1 saturated heterocycles. The fourth-order valence-electron chi connectivity index (χ4n) is 4.11. The van der Waals surface area contributed by atoms with Gasteiger partial charge in [-0.25, -0.2) is 22.6 Å². The molecule has 1 aliphatic rings. The third kappa shape index (κ3) is 3.90. The Kier molecular flexibility index (Phi) is 5.96. The molecule has 4 rings (SSSR count). The third-order valence-corrected chi connectivity index (χ3v) is 7.59. The highest BCUT2D eigenvalue weighted by atomic mass is 32.2. The van der Waals surface area contributed by atoms with Gasteiger partial charge in [-0.2, -0.15) is 4.31 Å². The Hall–Kier alpha value is -2.56. The molecular weight excluding hydrogens is 423 g/mol. The van der Waals surface area contributed by atoms with Crippen molar-refractivity contribution in [3.05, 3.63) is 58.4 Å². The first kappa shape index (κ1) is 21.7. The molecular formula is C21H25FN4O4S. The van der Waals surface area contributed by atoms with E-state index in [0.29, 0.717) is 43.7 Å². The first-order chi connectivity index (χ1) is 14.8. The van der Waals surface area contributed by atoms with Gasteiger partial charge in [0.15, 0.2) is 5.65 Å². The Morgan fingerprint density at radius 1 is 1.29 bits per heavy atom. The zero-order chi connectivity index (χ0) is 22.2. The number of nitrogens with zero attached hydrogens (tertiary/aromatic N) is 4. The van der Waals surface area contributed by atoms with Gasteiger partial charge >= 0.3 is 5.69 Å². The Bertz CT molecular complexity index is 1270. The van der Waals surface area contributed by atoms with Gasteiger partial charge in [-0.05, 0) is 55.7 Å². The van der Waals surface area contributed by atoms with Gasteiger partial charge in [0.2, 0.25) is 10.0 Å². The number of hydrogen-bond donors (Lipinski definition) is 0. The summed E-state index contributed by atoms with van der Waals surface area (Å²) in [5.41, 5.74) is 1.27. The van der Waals surface area contributed by atoms with E-state index in [9.17, 15) is 17.6 Å². The molecule has 1 aliphatic heterocycles. The minimum absolute atomic E-state index is 0.0556. The largest absolute Gasteiger partial charge is 0.383 e. The normalized spacial score (nSPS) is 18.0.